The van der Waals surface area contributed by atoms with Crippen molar-refractivity contribution in [1.82, 2.24) is 4.98 Å². The Morgan fingerprint density at radius 1 is 1.17 bits per heavy atom. The van der Waals surface area contributed by atoms with E-state index in [1.807, 2.05) is 32.9 Å². The van der Waals surface area contributed by atoms with Gasteiger partial charge in [0.25, 0.3) is 0 Å². The number of phenols is 1. The fourth-order valence-electron chi connectivity index (χ4n) is 2.61. The lowest BCUT2D eigenvalue weighted by atomic mass is 10.0. The van der Waals surface area contributed by atoms with Crippen LogP contribution >= 0.6 is 11.3 Å². The maximum absolute atomic E-state index is 11.1. The number of carbonyl (C=O) groups is 1. The molecule has 0 spiro atoms. The van der Waals surface area contributed by atoms with E-state index in [2.05, 4.69) is 10.3 Å². The molecule has 3 aromatic rings. The van der Waals surface area contributed by atoms with Crippen LogP contribution in [-0.4, -0.2) is 16.0 Å². The summed E-state index contributed by atoms with van der Waals surface area (Å²) in [5.41, 5.74) is 10.4. The highest BCUT2D eigenvalue weighted by molar-refractivity contribution is 7.22. The summed E-state index contributed by atoms with van der Waals surface area (Å²) in [7, 11) is 0. The minimum Gasteiger partial charge on any atom is -0.507 e. The van der Waals surface area contributed by atoms with Crippen molar-refractivity contribution >= 4 is 32.6 Å². The van der Waals surface area contributed by atoms with Crippen LogP contribution in [0, 0.1) is 20.8 Å². The molecule has 0 atom stereocenters. The summed E-state index contributed by atoms with van der Waals surface area (Å²) in [4.78, 5) is 15.7. The second-order valence-electron chi connectivity index (χ2n) is 5.84. The molecule has 24 heavy (non-hydrogen) atoms. The van der Waals surface area contributed by atoms with Gasteiger partial charge in [-0.1, -0.05) is 23.5 Å². The second-order valence-corrected chi connectivity index (χ2v) is 6.83. The number of benzene rings is 2. The van der Waals surface area contributed by atoms with Crippen LogP contribution in [0.25, 0.3) is 10.2 Å². The van der Waals surface area contributed by atoms with Crippen LogP contribution < -0.4 is 11.1 Å². The molecule has 5 nitrogen and oxygen atoms in total. The molecule has 0 aliphatic carbocycles. The van der Waals surface area contributed by atoms with Crippen LogP contribution in [0.5, 0.6) is 5.75 Å². The number of aromatic hydroxyl groups is 1. The van der Waals surface area contributed by atoms with Gasteiger partial charge in [-0.2, -0.15) is 0 Å². The average Bonchev–Trinajstić information content (AvgIpc) is 3.01. The fraction of sp³-hybridized carbons (Fsp3) is 0.222. The van der Waals surface area contributed by atoms with Gasteiger partial charge in [0.2, 0.25) is 5.91 Å². The lowest BCUT2D eigenvalue weighted by Crippen LogP contribution is -2.10. The van der Waals surface area contributed by atoms with Gasteiger partial charge in [0.05, 0.1) is 10.2 Å². The van der Waals surface area contributed by atoms with E-state index in [9.17, 15) is 9.90 Å². The zero-order valence-corrected chi connectivity index (χ0v) is 14.6. The number of aryl methyl sites for hydroxylation is 2. The van der Waals surface area contributed by atoms with Crippen molar-refractivity contribution in [3.63, 3.8) is 0 Å². The topological polar surface area (TPSA) is 88.2 Å². The summed E-state index contributed by atoms with van der Waals surface area (Å²) >= 11 is 1.53. The third-order valence-corrected chi connectivity index (χ3v) is 5.41. The van der Waals surface area contributed by atoms with Gasteiger partial charge in [-0.05, 0) is 49.6 Å². The Morgan fingerprint density at radius 2 is 1.83 bits per heavy atom. The summed E-state index contributed by atoms with van der Waals surface area (Å²) in [5.74, 6) is -0.0842. The van der Waals surface area contributed by atoms with Gasteiger partial charge in [0.15, 0.2) is 5.13 Å². The molecule has 124 valence electrons. The third-order valence-electron chi connectivity index (χ3n) is 4.28. The number of amides is 1. The molecule has 0 saturated carbocycles. The van der Waals surface area contributed by atoms with Gasteiger partial charge in [-0.3, -0.25) is 4.79 Å². The van der Waals surface area contributed by atoms with Crippen LogP contribution in [0.4, 0.5) is 5.13 Å². The maximum Gasteiger partial charge on any atom is 0.248 e. The standard InChI is InChI=1S/C18H19N3O2S/c1-9-10(2)15(22)11(3)16-14(9)21-18(24-16)20-8-12-4-6-13(7-5-12)17(19)23/h4-7,22H,8H2,1-3H3,(H2,19,23)(H,20,21). The predicted octanol–water partition coefficient (Wildman–Crippen LogP) is 3.64. The molecule has 1 aromatic heterocycles. The minimum absolute atomic E-state index is 0.345. The van der Waals surface area contributed by atoms with Crippen LogP contribution in [0.15, 0.2) is 24.3 Å². The fourth-order valence-corrected chi connectivity index (χ4v) is 3.63. The van der Waals surface area contributed by atoms with Crippen molar-refractivity contribution in [3.8, 4) is 5.75 Å². The van der Waals surface area contributed by atoms with E-state index in [0.29, 0.717) is 17.9 Å². The van der Waals surface area contributed by atoms with Gasteiger partial charge >= 0.3 is 0 Å². The first-order valence-corrected chi connectivity index (χ1v) is 8.42. The zero-order chi connectivity index (χ0) is 17.4. The van der Waals surface area contributed by atoms with Gasteiger partial charge in [-0.25, -0.2) is 4.98 Å². The Hall–Kier alpha value is -2.60. The molecule has 0 aliphatic rings. The van der Waals surface area contributed by atoms with E-state index < -0.39 is 5.91 Å². The molecule has 4 N–H and O–H groups in total. The van der Waals surface area contributed by atoms with Crippen molar-refractivity contribution in [3.05, 3.63) is 52.1 Å². The van der Waals surface area contributed by atoms with Gasteiger partial charge in [0.1, 0.15) is 5.75 Å². The number of nitrogens with two attached hydrogens (primary N) is 1. The number of primary amides is 1. The second kappa shape index (κ2) is 6.13. The minimum atomic E-state index is -0.429. The number of aromatic nitrogens is 1. The van der Waals surface area contributed by atoms with Crippen molar-refractivity contribution < 1.29 is 9.90 Å². The molecule has 6 heteroatoms. The molecule has 0 saturated heterocycles. The largest absolute Gasteiger partial charge is 0.507 e. The van der Waals surface area contributed by atoms with E-state index in [-0.39, 0.29) is 0 Å². The molecule has 1 heterocycles. The van der Waals surface area contributed by atoms with Gasteiger partial charge in [0, 0.05) is 17.7 Å². The van der Waals surface area contributed by atoms with E-state index in [1.165, 1.54) is 11.3 Å². The number of fused-ring (bicyclic) bond motifs is 1. The first-order valence-electron chi connectivity index (χ1n) is 7.60. The molecular weight excluding hydrogens is 322 g/mol. The highest BCUT2D eigenvalue weighted by Gasteiger charge is 2.15. The number of rotatable bonds is 4. The number of carbonyl (C=O) groups excluding carboxylic acids is 1. The summed E-state index contributed by atoms with van der Waals surface area (Å²) in [6, 6.07) is 7.17. The van der Waals surface area contributed by atoms with Gasteiger partial charge in [-0.15, -0.1) is 0 Å². The van der Waals surface area contributed by atoms with Crippen LogP contribution in [-0.2, 0) is 6.54 Å². The van der Waals surface area contributed by atoms with Gasteiger partial charge < -0.3 is 16.2 Å². The van der Waals surface area contributed by atoms with E-state index in [4.69, 9.17) is 5.73 Å². The number of anilines is 1. The highest BCUT2D eigenvalue weighted by atomic mass is 32.1. The smallest absolute Gasteiger partial charge is 0.248 e. The number of hydrogen-bond acceptors (Lipinski definition) is 5. The van der Waals surface area contributed by atoms with E-state index in [1.54, 1.807) is 12.1 Å². The normalized spacial score (nSPS) is 11.0. The molecule has 0 radical (unpaired) electrons. The number of thiazole rings is 1. The number of nitrogens with one attached hydrogen (secondary N) is 1. The SMILES string of the molecule is Cc1c(O)c(C)c2sc(NCc3ccc(C(N)=O)cc3)nc2c1C. The number of phenolic OH excluding ortho intramolecular Hbond substituents is 1. The summed E-state index contributed by atoms with van der Waals surface area (Å²) < 4.78 is 1.00. The first kappa shape index (κ1) is 16.3. The molecule has 3 rings (SSSR count). The molecule has 0 aliphatic heterocycles. The Balaban J connectivity index is 1.84. The van der Waals surface area contributed by atoms with Crippen molar-refractivity contribution in [2.24, 2.45) is 5.73 Å². The molecular formula is C18H19N3O2S. The quantitative estimate of drug-likeness (QED) is 0.676. The highest BCUT2D eigenvalue weighted by Crippen LogP contribution is 2.38. The van der Waals surface area contributed by atoms with E-state index >= 15 is 0 Å². The number of nitrogens with zero attached hydrogens (tertiary/aromatic N) is 1. The molecule has 0 fully saturated rings. The Kier molecular flexibility index (Phi) is 4.15. The van der Waals surface area contributed by atoms with Crippen LogP contribution in [0.1, 0.15) is 32.6 Å². The van der Waals surface area contributed by atoms with Crippen molar-refractivity contribution in [2.75, 3.05) is 5.32 Å². The monoisotopic (exact) mass is 341 g/mol. The van der Waals surface area contributed by atoms with Crippen molar-refractivity contribution in [2.45, 2.75) is 27.3 Å². The lowest BCUT2D eigenvalue weighted by Gasteiger charge is -2.07. The Morgan fingerprint density at radius 3 is 2.46 bits per heavy atom. The molecule has 2 aromatic carbocycles. The third kappa shape index (κ3) is 2.80. The first-order chi connectivity index (χ1) is 11.4. The predicted molar refractivity (Wildman–Crippen MR) is 97.8 cm³/mol. The lowest BCUT2D eigenvalue weighted by molar-refractivity contribution is 0.100. The molecule has 1 amide bonds. The van der Waals surface area contributed by atoms with Crippen LogP contribution in [0.2, 0.25) is 0 Å². The Labute approximate surface area is 144 Å². The molecule has 0 bridgehead atoms. The van der Waals surface area contributed by atoms with Crippen molar-refractivity contribution in [1.29, 1.82) is 0 Å². The summed E-state index contributed by atoms with van der Waals surface area (Å²) in [6.07, 6.45) is 0. The number of hydrogen-bond donors (Lipinski definition) is 3. The maximum atomic E-state index is 11.1. The Bertz CT molecular complexity index is 885. The van der Waals surface area contributed by atoms with Crippen LogP contribution in [0.3, 0.4) is 0 Å². The summed E-state index contributed by atoms with van der Waals surface area (Å²) in [6.45, 7) is 6.39. The average molecular weight is 341 g/mol. The zero-order valence-electron chi connectivity index (χ0n) is 13.8. The molecule has 0 unspecified atom stereocenters. The summed E-state index contributed by atoms with van der Waals surface area (Å²) in [5, 5.41) is 14.3. The van der Waals surface area contributed by atoms with E-state index in [0.717, 1.165) is 37.6 Å².